The number of carbonyl (C=O) groups excluding carboxylic acids is 1. The molecule has 0 saturated heterocycles. The van der Waals surface area contributed by atoms with Crippen LogP contribution in [0.4, 0.5) is 0 Å². The van der Waals surface area contributed by atoms with Crippen LogP contribution < -0.4 is 4.74 Å². The highest BCUT2D eigenvalue weighted by Crippen LogP contribution is 2.02. The third-order valence-electron chi connectivity index (χ3n) is 1.41. The van der Waals surface area contributed by atoms with Crippen molar-refractivity contribution in [3.05, 3.63) is 17.8 Å². The van der Waals surface area contributed by atoms with E-state index in [-0.39, 0.29) is 5.12 Å². The molecule has 1 heterocycles. The number of thioether (sulfide) groups is 1. The van der Waals surface area contributed by atoms with Gasteiger partial charge >= 0.3 is 0 Å². The summed E-state index contributed by atoms with van der Waals surface area (Å²) in [7, 11) is 1.53. The van der Waals surface area contributed by atoms with Crippen molar-refractivity contribution >= 4 is 16.9 Å². The zero-order valence-corrected chi connectivity index (χ0v) is 9.30. The standard InChI is InChI=1S/C10H10N2O2S/c1-8(13)15-7-3-4-9-5-6-10(14-2)12-11-9/h5-6H,7H2,1-2H3. The third-order valence-corrected chi connectivity index (χ3v) is 2.11. The summed E-state index contributed by atoms with van der Waals surface area (Å²) < 4.78 is 4.86. The van der Waals surface area contributed by atoms with E-state index >= 15 is 0 Å². The first-order chi connectivity index (χ1) is 7.22. The Balaban J connectivity index is 2.52. The summed E-state index contributed by atoms with van der Waals surface area (Å²) in [6, 6.07) is 3.41. The Labute approximate surface area is 92.4 Å². The fourth-order valence-electron chi connectivity index (χ4n) is 0.760. The zero-order valence-electron chi connectivity index (χ0n) is 8.48. The van der Waals surface area contributed by atoms with Gasteiger partial charge in [-0.15, -0.1) is 10.2 Å². The lowest BCUT2D eigenvalue weighted by Crippen LogP contribution is -1.92. The Morgan fingerprint density at radius 2 is 2.33 bits per heavy atom. The average Bonchev–Trinajstić information content (AvgIpc) is 2.25. The molecule has 15 heavy (non-hydrogen) atoms. The quantitative estimate of drug-likeness (QED) is 0.702. The molecule has 0 bridgehead atoms. The minimum atomic E-state index is 0.0603. The van der Waals surface area contributed by atoms with Crippen molar-refractivity contribution in [2.45, 2.75) is 6.92 Å². The fraction of sp³-hybridized carbons (Fsp3) is 0.300. The maximum absolute atomic E-state index is 10.6. The van der Waals surface area contributed by atoms with Crippen LogP contribution in [0, 0.1) is 11.8 Å². The maximum Gasteiger partial charge on any atom is 0.233 e. The molecule has 0 amide bonds. The van der Waals surface area contributed by atoms with Crippen molar-refractivity contribution < 1.29 is 9.53 Å². The SMILES string of the molecule is COc1ccc(C#CCSC(C)=O)nn1. The molecule has 0 aliphatic heterocycles. The van der Waals surface area contributed by atoms with Gasteiger partial charge in [0.05, 0.1) is 12.9 Å². The first kappa shape index (κ1) is 11.5. The summed E-state index contributed by atoms with van der Waals surface area (Å²) in [6.45, 7) is 1.51. The second-order valence-electron chi connectivity index (χ2n) is 2.54. The molecule has 0 atom stereocenters. The van der Waals surface area contributed by atoms with E-state index in [1.54, 1.807) is 12.1 Å². The molecule has 0 aliphatic carbocycles. The van der Waals surface area contributed by atoms with Gasteiger partial charge in [-0.3, -0.25) is 4.79 Å². The summed E-state index contributed by atoms with van der Waals surface area (Å²) in [4.78, 5) is 10.6. The molecule has 0 aliphatic rings. The lowest BCUT2D eigenvalue weighted by molar-refractivity contribution is -0.109. The predicted octanol–water partition coefficient (Wildman–Crippen LogP) is 1.12. The van der Waals surface area contributed by atoms with E-state index < -0.39 is 0 Å². The van der Waals surface area contributed by atoms with Gasteiger partial charge in [0.15, 0.2) is 5.12 Å². The van der Waals surface area contributed by atoms with Crippen LogP contribution in [0.1, 0.15) is 12.6 Å². The van der Waals surface area contributed by atoms with E-state index in [0.29, 0.717) is 17.3 Å². The lowest BCUT2D eigenvalue weighted by Gasteiger charge is -1.94. The number of ether oxygens (including phenoxy) is 1. The second kappa shape index (κ2) is 6.04. The molecule has 0 spiro atoms. The number of aromatic nitrogens is 2. The molecule has 0 fully saturated rings. The molecule has 0 N–H and O–H groups in total. The Kier molecular flexibility index (Phi) is 4.64. The number of hydrogen-bond acceptors (Lipinski definition) is 5. The Hall–Kier alpha value is -1.54. The molecular formula is C10H10N2O2S. The van der Waals surface area contributed by atoms with Crippen molar-refractivity contribution in [2.75, 3.05) is 12.9 Å². The third kappa shape index (κ3) is 4.47. The van der Waals surface area contributed by atoms with E-state index in [1.165, 1.54) is 25.8 Å². The highest BCUT2D eigenvalue weighted by atomic mass is 32.2. The van der Waals surface area contributed by atoms with Crippen LogP contribution in [-0.4, -0.2) is 28.2 Å². The monoisotopic (exact) mass is 222 g/mol. The van der Waals surface area contributed by atoms with E-state index in [4.69, 9.17) is 4.74 Å². The van der Waals surface area contributed by atoms with E-state index in [1.807, 2.05) is 0 Å². The van der Waals surface area contributed by atoms with Crippen LogP contribution in [0.25, 0.3) is 0 Å². The zero-order chi connectivity index (χ0) is 11.1. The van der Waals surface area contributed by atoms with Crippen LogP contribution in [0.2, 0.25) is 0 Å². The van der Waals surface area contributed by atoms with Gasteiger partial charge < -0.3 is 4.74 Å². The summed E-state index contributed by atoms with van der Waals surface area (Å²) in [5, 5.41) is 7.65. The summed E-state index contributed by atoms with van der Waals surface area (Å²) in [5.74, 6) is 6.55. The summed E-state index contributed by atoms with van der Waals surface area (Å²) >= 11 is 1.17. The average molecular weight is 222 g/mol. The fourth-order valence-corrected chi connectivity index (χ4v) is 1.11. The topological polar surface area (TPSA) is 52.1 Å². The van der Waals surface area contributed by atoms with Crippen LogP contribution in [-0.2, 0) is 4.79 Å². The number of hydrogen-bond donors (Lipinski definition) is 0. The molecule has 1 aromatic rings. The molecule has 0 radical (unpaired) electrons. The smallest absolute Gasteiger partial charge is 0.233 e. The summed E-state index contributed by atoms with van der Waals surface area (Å²) in [5.41, 5.74) is 0.569. The number of carbonyl (C=O) groups is 1. The van der Waals surface area contributed by atoms with Crippen LogP contribution >= 0.6 is 11.8 Å². The van der Waals surface area contributed by atoms with Crippen molar-refractivity contribution in [3.8, 4) is 17.7 Å². The van der Waals surface area contributed by atoms with Crippen molar-refractivity contribution in [3.63, 3.8) is 0 Å². The molecule has 1 aromatic heterocycles. The largest absolute Gasteiger partial charge is 0.480 e. The van der Waals surface area contributed by atoms with E-state index in [0.717, 1.165) is 0 Å². The molecule has 78 valence electrons. The predicted molar refractivity (Wildman–Crippen MR) is 58.6 cm³/mol. The Morgan fingerprint density at radius 1 is 1.53 bits per heavy atom. The Morgan fingerprint density at radius 3 is 2.87 bits per heavy atom. The van der Waals surface area contributed by atoms with Crippen LogP contribution in [0.3, 0.4) is 0 Å². The lowest BCUT2D eigenvalue weighted by atomic mass is 10.4. The molecule has 4 nitrogen and oxygen atoms in total. The minimum Gasteiger partial charge on any atom is -0.480 e. The van der Waals surface area contributed by atoms with Gasteiger partial charge in [-0.2, -0.15) is 0 Å². The van der Waals surface area contributed by atoms with Gasteiger partial charge in [0.2, 0.25) is 5.88 Å². The molecule has 0 aromatic carbocycles. The molecule has 0 saturated carbocycles. The molecule has 0 unspecified atom stereocenters. The van der Waals surface area contributed by atoms with E-state index in [9.17, 15) is 4.79 Å². The highest BCUT2D eigenvalue weighted by Gasteiger charge is 1.93. The van der Waals surface area contributed by atoms with Gasteiger partial charge in [-0.1, -0.05) is 17.7 Å². The maximum atomic E-state index is 10.6. The molecule has 5 heteroatoms. The Bertz CT molecular complexity index is 392. The minimum absolute atomic E-state index is 0.0603. The van der Waals surface area contributed by atoms with Crippen molar-refractivity contribution in [2.24, 2.45) is 0 Å². The van der Waals surface area contributed by atoms with Crippen LogP contribution in [0.15, 0.2) is 12.1 Å². The summed E-state index contributed by atoms with van der Waals surface area (Å²) in [6.07, 6.45) is 0. The molecular weight excluding hydrogens is 212 g/mol. The van der Waals surface area contributed by atoms with Gasteiger partial charge in [0, 0.05) is 13.0 Å². The number of nitrogens with zero attached hydrogens (tertiary/aromatic N) is 2. The first-order valence-corrected chi connectivity index (χ1v) is 5.21. The van der Waals surface area contributed by atoms with Crippen molar-refractivity contribution in [1.82, 2.24) is 10.2 Å². The number of rotatable bonds is 2. The highest BCUT2D eigenvalue weighted by molar-refractivity contribution is 8.13. The van der Waals surface area contributed by atoms with Gasteiger partial charge in [0.1, 0.15) is 5.69 Å². The van der Waals surface area contributed by atoms with Gasteiger partial charge in [-0.25, -0.2) is 0 Å². The molecule has 1 rings (SSSR count). The normalized spacial score (nSPS) is 8.93. The van der Waals surface area contributed by atoms with Gasteiger partial charge in [-0.05, 0) is 12.0 Å². The van der Waals surface area contributed by atoms with Crippen LogP contribution in [0.5, 0.6) is 5.88 Å². The second-order valence-corrected chi connectivity index (χ2v) is 3.70. The van der Waals surface area contributed by atoms with Gasteiger partial charge in [0.25, 0.3) is 0 Å². The number of methoxy groups -OCH3 is 1. The first-order valence-electron chi connectivity index (χ1n) is 4.22. The van der Waals surface area contributed by atoms with E-state index in [2.05, 4.69) is 22.0 Å². The van der Waals surface area contributed by atoms with Crippen molar-refractivity contribution in [1.29, 1.82) is 0 Å².